The number of aliphatic hydroxyl groups is 1. The zero-order valence-corrected chi connectivity index (χ0v) is 18.8. The van der Waals surface area contributed by atoms with Gasteiger partial charge in [-0.1, -0.05) is 12.1 Å². The van der Waals surface area contributed by atoms with Crippen LogP contribution in [0, 0.1) is 5.41 Å². The Labute approximate surface area is 186 Å². The third-order valence-corrected chi connectivity index (χ3v) is 5.90. The van der Waals surface area contributed by atoms with E-state index in [1.165, 1.54) is 0 Å². The second-order valence-corrected chi connectivity index (χ2v) is 8.27. The van der Waals surface area contributed by atoms with Gasteiger partial charge in [-0.25, -0.2) is 4.99 Å². The molecule has 0 amide bonds. The molecule has 0 saturated carbocycles. The normalized spacial score (nSPS) is 22.5. The Kier molecular flexibility index (Phi) is 9.86. The van der Waals surface area contributed by atoms with E-state index in [-0.39, 0.29) is 12.0 Å². The van der Waals surface area contributed by atoms with E-state index in [1.807, 2.05) is 12.1 Å². The van der Waals surface area contributed by atoms with Crippen LogP contribution in [0.1, 0.15) is 25.3 Å². The van der Waals surface area contributed by atoms with E-state index in [4.69, 9.17) is 19.2 Å². The first kappa shape index (κ1) is 23.8. The van der Waals surface area contributed by atoms with Crippen molar-refractivity contribution in [1.29, 1.82) is 0 Å². The summed E-state index contributed by atoms with van der Waals surface area (Å²) in [5.41, 5.74) is 1.09. The largest absolute Gasteiger partial charge is 0.492 e. The van der Waals surface area contributed by atoms with E-state index < -0.39 is 0 Å². The number of rotatable bonds is 11. The summed E-state index contributed by atoms with van der Waals surface area (Å²) in [5.74, 6) is 1.66. The molecular formula is C23H38N4O4. The highest BCUT2D eigenvalue weighted by molar-refractivity contribution is 5.79. The molecule has 1 aromatic rings. The highest BCUT2D eigenvalue weighted by Gasteiger charge is 2.34. The lowest BCUT2D eigenvalue weighted by molar-refractivity contribution is 0.0322. The number of aliphatic imine (C=N–C) groups is 1. The molecule has 2 aliphatic heterocycles. The second kappa shape index (κ2) is 12.9. The quantitative estimate of drug-likeness (QED) is 0.357. The molecule has 2 saturated heterocycles. The Morgan fingerprint density at radius 2 is 2.10 bits per heavy atom. The van der Waals surface area contributed by atoms with Crippen LogP contribution in [-0.2, 0) is 16.0 Å². The molecular weight excluding hydrogens is 396 g/mol. The van der Waals surface area contributed by atoms with E-state index in [9.17, 15) is 5.11 Å². The zero-order chi connectivity index (χ0) is 21.8. The van der Waals surface area contributed by atoms with E-state index in [2.05, 4.69) is 34.6 Å². The maximum Gasteiger partial charge on any atom is 0.191 e. The van der Waals surface area contributed by atoms with Crippen LogP contribution in [0.25, 0.3) is 0 Å². The predicted molar refractivity (Wildman–Crippen MR) is 122 cm³/mol. The van der Waals surface area contributed by atoms with Gasteiger partial charge in [-0.05, 0) is 37.5 Å². The van der Waals surface area contributed by atoms with Gasteiger partial charge in [0, 0.05) is 51.4 Å². The van der Waals surface area contributed by atoms with Crippen molar-refractivity contribution in [2.45, 2.75) is 26.3 Å². The smallest absolute Gasteiger partial charge is 0.191 e. The molecule has 0 radical (unpaired) electrons. The standard InChI is InChI=1S/C23H38N4O4/c1-2-24-22(26-18-23(6-11-28)7-12-30-19-23)25-17-20-4-3-5-21(16-20)31-15-10-27-8-13-29-14-9-27/h3-5,16,28H,2,6-15,17-19H2,1H3,(H2,24,25,26). The van der Waals surface area contributed by atoms with E-state index in [1.54, 1.807) is 0 Å². The summed E-state index contributed by atoms with van der Waals surface area (Å²) in [7, 11) is 0. The van der Waals surface area contributed by atoms with Crippen LogP contribution in [0.4, 0.5) is 0 Å². The molecule has 3 N–H and O–H groups in total. The van der Waals surface area contributed by atoms with Crippen molar-refractivity contribution in [3.8, 4) is 5.75 Å². The van der Waals surface area contributed by atoms with Gasteiger partial charge in [-0.2, -0.15) is 0 Å². The van der Waals surface area contributed by atoms with Crippen molar-refractivity contribution < 1.29 is 19.3 Å². The minimum Gasteiger partial charge on any atom is -0.492 e. The SMILES string of the molecule is CCNC(=NCc1cccc(OCCN2CCOCC2)c1)NCC1(CCO)CCOC1. The summed E-state index contributed by atoms with van der Waals surface area (Å²) in [6.07, 6.45) is 1.70. The summed E-state index contributed by atoms with van der Waals surface area (Å²) in [4.78, 5) is 7.11. The number of guanidine groups is 1. The Hall–Kier alpha value is -1.87. The number of benzene rings is 1. The minimum atomic E-state index is -0.0147. The number of nitrogens with zero attached hydrogens (tertiary/aromatic N) is 2. The Balaban J connectivity index is 1.49. The third-order valence-electron chi connectivity index (χ3n) is 5.90. The van der Waals surface area contributed by atoms with Gasteiger partial charge in [0.1, 0.15) is 12.4 Å². The van der Waals surface area contributed by atoms with Crippen LogP contribution in [0.5, 0.6) is 5.75 Å². The van der Waals surface area contributed by atoms with Crippen molar-refractivity contribution in [3.63, 3.8) is 0 Å². The maximum atomic E-state index is 9.42. The fraction of sp³-hybridized carbons (Fsp3) is 0.696. The first-order valence-electron chi connectivity index (χ1n) is 11.5. The van der Waals surface area contributed by atoms with Gasteiger partial charge in [0.15, 0.2) is 5.96 Å². The molecule has 8 heteroatoms. The van der Waals surface area contributed by atoms with Crippen LogP contribution >= 0.6 is 0 Å². The predicted octanol–water partition coefficient (Wildman–Crippen LogP) is 1.24. The molecule has 1 aromatic carbocycles. The second-order valence-electron chi connectivity index (χ2n) is 8.27. The van der Waals surface area contributed by atoms with Crippen molar-refractivity contribution in [1.82, 2.24) is 15.5 Å². The third kappa shape index (κ3) is 7.96. The summed E-state index contributed by atoms with van der Waals surface area (Å²) >= 11 is 0. The number of hydrogen-bond donors (Lipinski definition) is 3. The monoisotopic (exact) mass is 434 g/mol. The number of hydrogen-bond acceptors (Lipinski definition) is 6. The number of aliphatic hydroxyl groups excluding tert-OH is 1. The topological polar surface area (TPSA) is 87.6 Å². The first-order valence-corrected chi connectivity index (χ1v) is 11.5. The molecule has 31 heavy (non-hydrogen) atoms. The average Bonchev–Trinajstić information content (AvgIpc) is 3.26. The molecule has 1 unspecified atom stereocenters. The van der Waals surface area contributed by atoms with Gasteiger partial charge in [0.25, 0.3) is 0 Å². The van der Waals surface area contributed by atoms with Gasteiger partial charge in [0.2, 0.25) is 0 Å². The van der Waals surface area contributed by atoms with E-state index >= 15 is 0 Å². The number of ether oxygens (including phenoxy) is 3. The first-order chi connectivity index (χ1) is 15.2. The zero-order valence-electron chi connectivity index (χ0n) is 18.8. The molecule has 2 fully saturated rings. The average molecular weight is 435 g/mol. The number of morpholine rings is 1. The van der Waals surface area contributed by atoms with Gasteiger partial charge in [-0.15, -0.1) is 0 Å². The summed E-state index contributed by atoms with van der Waals surface area (Å²) in [6, 6.07) is 8.14. The van der Waals surface area contributed by atoms with E-state index in [0.717, 1.165) is 82.7 Å². The Bertz CT molecular complexity index is 673. The highest BCUT2D eigenvalue weighted by atomic mass is 16.5. The molecule has 0 aromatic heterocycles. The Morgan fingerprint density at radius 3 is 2.84 bits per heavy atom. The lowest BCUT2D eigenvalue weighted by Gasteiger charge is -2.27. The fourth-order valence-electron chi connectivity index (χ4n) is 3.95. The molecule has 8 nitrogen and oxygen atoms in total. The molecule has 2 heterocycles. The lowest BCUT2D eigenvalue weighted by atomic mass is 9.84. The molecule has 174 valence electrons. The van der Waals surface area contributed by atoms with E-state index in [0.29, 0.717) is 19.8 Å². The molecule has 0 aliphatic carbocycles. The lowest BCUT2D eigenvalue weighted by Crippen LogP contribution is -2.44. The van der Waals surface area contributed by atoms with Gasteiger partial charge in [-0.3, -0.25) is 4.90 Å². The molecule has 0 bridgehead atoms. The number of nitrogens with one attached hydrogen (secondary N) is 2. The van der Waals surface area contributed by atoms with Crippen LogP contribution in [0.3, 0.4) is 0 Å². The molecule has 0 spiro atoms. The molecule has 2 aliphatic rings. The highest BCUT2D eigenvalue weighted by Crippen LogP contribution is 2.31. The van der Waals surface area contributed by atoms with Gasteiger partial charge >= 0.3 is 0 Å². The summed E-state index contributed by atoms with van der Waals surface area (Å²) < 4.78 is 16.9. The van der Waals surface area contributed by atoms with Crippen molar-refractivity contribution >= 4 is 5.96 Å². The fourth-order valence-corrected chi connectivity index (χ4v) is 3.95. The summed E-state index contributed by atoms with van der Waals surface area (Å²) in [6.45, 7) is 10.9. The molecule has 1 atom stereocenters. The molecule has 3 rings (SSSR count). The van der Waals surface area contributed by atoms with Crippen LogP contribution in [0.15, 0.2) is 29.3 Å². The maximum absolute atomic E-state index is 9.42. The van der Waals surface area contributed by atoms with Gasteiger partial charge in [0.05, 0.1) is 26.4 Å². The van der Waals surface area contributed by atoms with Crippen LogP contribution in [0.2, 0.25) is 0 Å². The van der Waals surface area contributed by atoms with Crippen molar-refractivity contribution in [2.24, 2.45) is 10.4 Å². The van der Waals surface area contributed by atoms with Crippen LogP contribution in [-0.4, -0.2) is 88.3 Å². The van der Waals surface area contributed by atoms with Crippen LogP contribution < -0.4 is 15.4 Å². The van der Waals surface area contributed by atoms with Crippen molar-refractivity contribution in [2.75, 3.05) is 72.4 Å². The van der Waals surface area contributed by atoms with Gasteiger partial charge < -0.3 is 30.0 Å². The minimum absolute atomic E-state index is 0.0147. The summed E-state index contributed by atoms with van der Waals surface area (Å²) in [5, 5.41) is 16.2. The Morgan fingerprint density at radius 1 is 1.23 bits per heavy atom. The van der Waals surface area contributed by atoms with Crippen molar-refractivity contribution in [3.05, 3.63) is 29.8 Å².